The standard InChI is InChI=1S/C26H23ClF3N5O4S2.C21H21ClF3N5O4S3/c27-21-13-17(26(28,29)30)14-32-24(21)31-12-4-9-22(36)34-35-41(38,39)23-11-10-18(40-23)15-33-25(37)20-8-3-6-16-5-1-2-7-19(16)20;22-16-9-13(21(23,24)25)11-28-20(16)26-7-1-4-17(31)29-30-37(33,34)19-6-5-15(36-19)12-27-18(32)10-14-3-2-8-35-14/h1-3,5-8,10-11,13-14,35H,4,9,12,15H2,(H,31,32)(H,33,37)(H,34,36);2-3,5-6,8-9,11,30H,1,4,7,10,12H2,(H,26,28)(H,27,32)(H,29,31). The molecule has 0 spiro atoms. The number of hydrogen-bond donors (Lipinski definition) is 8. The van der Waals surface area contributed by atoms with Crippen LogP contribution >= 0.6 is 57.2 Å². The summed E-state index contributed by atoms with van der Waals surface area (Å²) in [5, 5.41) is 14.1. The van der Waals surface area contributed by atoms with Crippen molar-refractivity contribution in [1.29, 1.82) is 0 Å². The van der Waals surface area contributed by atoms with Gasteiger partial charge >= 0.3 is 12.4 Å². The molecular weight excluding hydrogens is 1180 g/mol. The Kier molecular flexibility index (Phi) is 21.4. The number of hydrogen-bond acceptors (Lipinski definition) is 15. The fourth-order valence-corrected chi connectivity index (χ4v) is 12.0. The summed E-state index contributed by atoms with van der Waals surface area (Å²) in [5.74, 6) is -1.66. The zero-order chi connectivity index (χ0) is 56.7. The van der Waals surface area contributed by atoms with Gasteiger partial charge in [0.2, 0.25) is 17.7 Å². The number of hydrazine groups is 2. The van der Waals surface area contributed by atoms with Gasteiger partial charge in [-0.15, -0.1) is 43.7 Å². The molecule has 7 rings (SSSR count). The zero-order valence-electron chi connectivity index (χ0n) is 40.0. The molecule has 0 atom stereocenters. The van der Waals surface area contributed by atoms with Gasteiger partial charge in [-0.2, -0.15) is 26.3 Å². The second-order valence-electron chi connectivity index (χ2n) is 16.2. The molecule has 0 bridgehead atoms. The number of fused-ring (bicyclic) bond motifs is 1. The lowest BCUT2D eigenvalue weighted by atomic mass is 10.0. The van der Waals surface area contributed by atoms with Gasteiger partial charge in [-0.1, -0.05) is 65.7 Å². The average molecular weight is 1220 g/mol. The van der Waals surface area contributed by atoms with Crippen LogP contribution in [0.15, 0.2) is 117 Å². The summed E-state index contributed by atoms with van der Waals surface area (Å²) >= 11 is 15.0. The Hall–Kier alpha value is -6.44. The van der Waals surface area contributed by atoms with E-state index in [9.17, 15) is 62.4 Å². The molecule has 0 fully saturated rings. The number of carbonyl (C=O) groups excluding carboxylic acids is 4. The zero-order valence-corrected chi connectivity index (χ0v) is 45.6. The summed E-state index contributed by atoms with van der Waals surface area (Å²) in [5.41, 5.74) is 2.77. The number of nitrogens with zero attached hydrogens (tertiary/aromatic N) is 2. The average Bonchev–Trinajstić information content (AvgIpc) is 4.22. The first-order valence-corrected chi connectivity index (χ1v) is 28.9. The molecule has 18 nitrogen and oxygen atoms in total. The van der Waals surface area contributed by atoms with E-state index >= 15 is 0 Å². The molecular formula is C47H44Cl2F6N10O8S5. The summed E-state index contributed by atoms with van der Waals surface area (Å²) in [6, 6.07) is 23.9. The van der Waals surface area contributed by atoms with Crippen LogP contribution in [0.25, 0.3) is 10.8 Å². The number of halogens is 8. The molecule has 5 aromatic heterocycles. The minimum absolute atomic E-state index is 0.0302. The van der Waals surface area contributed by atoms with Crippen molar-refractivity contribution in [3.63, 3.8) is 0 Å². The number of amides is 4. The third-order valence-corrected chi connectivity index (χ3v) is 17.5. The van der Waals surface area contributed by atoms with Crippen LogP contribution in [0.5, 0.6) is 0 Å². The van der Waals surface area contributed by atoms with Crippen LogP contribution in [-0.2, 0) is 66.3 Å². The lowest BCUT2D eigenvalue weighted by molar-refractivity contribution is -0.138. The highest BCUT2D eigenvalue weighted by Gasteiger charge is 2.32. The highest BCUT2D eigenvalue weighted by molar-refractivity contribution is 7.91. The van der Waals surface area contributed by atoms with Gasteiger partial charge in [0.05, 0.1) is 40.7 Å². The Morgan fingerprint density at radius 3 is 1.56 bits per heavy atom. The van der Waals surface area contributed by atoms with E-state index in [0.29, 0.717) is 27.7 Å². The molecule has 78 heavy (non-hydrogen) atoms. The van der Waals surface area contributed by atoms with Gasteiger partial charge in [-0.25, -0.2) is 26.8 Å². The van der Waals surface area contributed by atoms with Crippen LogP contribution in [0.4, 0.5) is 38.0 Å². The van der Waals surface area contributed by atoms with Crippen molar-refractivity contribution in [3.05, 3.63) is 150 Å². The van der Waals surface area contributed by atoms with Gasteiger partial charge < -0.3 is 21.3 Å². The third-order valence-electron chi connectivity index (χ3n) is 10.4. The van der Waals surface area contributed by atoms with Crippen molar-refractivity contribution in [3.8, 4) is 0 Å². The number of anilines is 2. The lowest BCUT2D eigenvalue weighted by Gasteiger charge is -2.11. The van der Waals surface area contributed by atoms with Crippen LogP contribution in [0.2, 0.25) is 10.0 Å². The first-order valence-electron chi connectivity index (χ1n) is 22.6. The Morgan fingerprint density at radius 1 is 0.577 bits per heavy atom. The van der Waals surface area contributed by atoms with Gasteiger partial charge in [-0.05, 0) is 77.5 Å². The molecule has 416 valence electrons. The quantitative estimate of drug-likeness (QED) is 0.0170. The molecule has 0 saturated heterocycles. The number of carbonyl (C=O) groups is 4. The molecule has 0 aliphatic carbocycles. The Bertz CT molecular complexity index is 3450. The van der Waals surface area contributed by atoms with Crippen LogP contribution in [-0.4, -0.2) is 63.5 Å². The number of alkyl halides is 6. The minimum atomic E-state index is -4.57. The Morgan fingerprint density at radius 2 is 1.08 bits per heavy atom. The lowest BCUT2D eigenvalue weighted by Crippen LogP contribution is -2.41. The highest BCUT2D eigenvalue weighted by Crippen LogP contribution is 2.34. The van der Waals surface area contributed by atoms with Gasteiger partial charge in [0, 0.05) is 58.5 Å². The second-order valence-corrected chi connectivity index (χ2v) is 24.2. The smallest absolute Gasteiger partial charge is 0.369 e. The summed E-state index contributed by atoms with van der Waals surface area (Å²) in [6.45, 7) is 0.586. The third kappa shape index (κ3) is 18.3. The SMILES string of the molecule is O=C(CCCNc1ncc(C(F)(F)F)cc1Cl)NNS(=O)(=O)c1ccc(CNC(=O)c2cccc3ccccc23)s1.O=C(Cc1cccs1)NCc1ccc(S(=O)(=O)NNC(=O)CCCNc2ncc(C(F)(F)F)cc2Cl)s1. The summed E-state index contributed by atoms with van der Waals surface area (Å²) < 4.78 is 126. The molecule has 7 aromatic rings. The van der Waals surface area contributed by atoms with E-state index in [1.165, 1.54) is 23.5 Å². The predicted molar refractivity (Wildman–Crippen MR) is 284 cm³/mol. The Balaban J connectivity index is 0.000000254. The fraction of sp³-hybridized carbons (Fsp3) is 0.234. The van der Waals surface area contributed by atoms with Gasteiger partial charge in [0.25, 0.3) is 26.0 Å². The predicted octanol–water partition coefficient (Wildman–Crippen LogP) is 9.04. The maximum absolute atomic E-state index is 12.7. The number of sulfonamides is 2. The van der Waals surface area contributed by atoms with E-state index in [1.807, 2.05) is 57.5 Å². The minimum Gasteiger partial charge on any atom is -0.369 e. The highest BCUT2D eigenvalue weighted by atomic mass is 35.5. The van der Waals surface area contributed by atoms with Crippen LogP contribution in [0.1, 0.15) is 61.8 Å². The second kappa shape index (κ2) is 27.4. The first kappa shape index (κ1) is 60.8. The molecule has 0 unspecified atom stereocenters. The molecule has 4 amide bonds. The summed E-state index contributed by atoms with van der Waals surface area (Å²) in [6.07, 6.45) is -7.35. The molecule has 0 aliphatic heterocycles. The van der Waals surface area contributed by atoms with Crippen molar-refractivity contribution < 1.29 is 62.4 Å². The number of thiophene rings is 3. The summed E-state index contributed by atoms with van der Waals surface area (Å²) in [4.78, 5) is 62.2. The number of benzene rings is 2. The van der Waals surface area contributed by atoms with E-state index in [-0.39, 0.29) is 100 Å². The number of rotatable bonds is 23. The fourth-order valence-electron chi connectivity index (χ4n) is 6.53. The van der Waals surface area contributed by atoms with E-state index < -0.39 is 55.3 Å². The maximum Gasteiger partial charge on any atom is 0.417 e. The van der Waals surface area contributed by atoms with Crippen LogP contribution < -0.4 is 41.8 Å². The monoisotopic (exact) mass is 1220 g/mol. The van der Waals surface area contributed by atoms with E-state index in [1.54, 1.807) is 24.3 Å². The van der Waals surface area contributed by atoms with Crippen molar-refractivity contribution in [2.45, 2.75) is 66.0 Å². The van der Waals surface area contributed by atoms with Crippen molar-refractivity contribution in [1.82, 2.24) is 41.1 Å². The van der Waals surface area contributed by atoms with Gasteiger partial charge in [-0.3, -0.25) is 30.0 Å². The molecule has 31 heteroatoms. The normalized spacial score (nSPS) is 11.8. The number of nitrogens with one attached hydrogen (secondary N) is 8. The maximum atomic E-state index is 12.7. The molecule has 0 radical (unpaired) electrons. The molecule has 2 aromatic carbocycles. The van der Waals surface area contributed by atoms with Crippen molar-refractivity contribution >= 4 is 123 Å². The topological polar surface area (TPSA) is 259 Å². The van der Waals surface area contributed by atoms with Gasteiger partial charge in [0.15, 0.2) is 0 Å². The van der Waals surface area contributed by atoms with Crippen molar-refractivity contribution in [2.24, 2.45) is 0 Å². The van der Waals surface area contributed by atoms with Crippen molar-refractivity contribution in [2.75, 3.05) is 23.7 Å². The molecule has 0 aliphatic rings. The summed E-state index contributed by atoms with van der Waals surface area (Å²) in [7, 11) is -8.08. The van der Waals surface area contributed by atoms with Crippen LogP contribution in [0.3, 0.4) is 0 Å². The first-order chi connectivity index (χ1) is 36.9. The van der Waals surface area contributed by atoms with Gasteiger partial charge in [0.1, 0.15) is 20.1 Å². The van der Waals surface area contributed by atoms with E-state index in [0.717, 1.165) is 50.5 Å². The van der Waals surface area contributed by atoms with Crippen LogP contribution in [0, 0.1) is 0 Å². The number of aromatic nitrogens is 2. The van der Waals surface area contributed by atoms with E-state index in [2.05, 4.69) is 42.1 Å². The number of pyridine rings is 2. The van der Waals surface area contributed by atoms with E-state index in [4.69, 9.17) is 23.2 Å². The molecule has 5 heterocycles. The Labute approximate surface area is 463 Å². The molecule has 0 saturated carbocycles. The molecule has 8 N–H and O–H groups in total. The largest absolute Gasteiger partial charge is 0.417 e.